The Morgan fingerprint density at radius 1 is 1.27 bits per heavy atom. The van der Waals surface area contributed by atoms with Gasteiger partial charge >= 0.3 is 0 Å². The molecule has 190 valence electrons. The third-order valence-electron chi connectivity index (χ3n) is 6.52. The Hall–Kier alpha value is -4.16. The lowest BCUT2D eigenvalue weighted by atomic mass is 9.96. The summed E-state index contributed by atoms with van der Waals surface area (Å²) in [5.41, 5.74) is 5.18. The Morgan fingerprint density at radius 3 is 2.76 bits per heavy atom. The normalized spacial score (nSPS) is 14.1. The molecule has 1 aromatic heterocycles. The number of nitrogens with zero attached hydrogens (tertiary/aromatic N) is 4. The Morgan fingerprint density at radius 2 is 2.05 bits per heavy atom. The van der Waals surface area contributed by atoms with Crippen molar-refractivity contribution in [3.8, 4) is 11.8 Å². The van der Waals surface area contributed by atoms with Crippen LogP contribution in [-0.4, -0.2) is 34.6 Å². The highest BCUT2D eigenvalue weighted by Gasteiger charge is 2.29. The van der Waals surface area contributed by atoms with Crippen molar-refractivity contribution in [1.29, 1.82) is 5.26 Å². The molecule has 0 saturated carbocycles. The van der Waals surface area contributed by atoms with Crippen LogP contribution < -0.4 is 10.1 Å². The first-order chi connectivity index (χ1) is 17.9. The number of allylic oxidation sites excluding steroid dienone is 1. The van der Waals surface area contributed by atoms with Crippen molar-refractivity contribution < 1.29 is 14.1 Å². The van der Waals surface area contributed by atoms with E-state index in [2.05, 4.69) is 11.9 Å². The van der Waals surface area contributed by atoms with Crippen LogP contribution in [0.1, 0.15) is 59.6 Å². The number of nitro benzene ring substituents is 1. The maximum Gasteiger partial charge on any atom is 0.273 e. The van der Waals surface area contributed by atoms with Crippen molar-refractivity contribution in [3.05, 3.63) is 98.9 Å². The lowest BCUT2D eigenvalue weighted by Gasteiger charge is -2.15. The minimum Gasteiger partial charge on any atom is -0.491 e. The van der Waals surface area contributed by atoms with E-state index in [1.165, 1.54) is 30.3 Å². The van der Waals surface area contributed by atoms with E-state index in [0.717, 1.165) is 47.4 Å². The lowest BCUT2D eigenvalue weighted by molar-refractivity contribution is -0.384. The molecule has 1 aliphatic rings. The van der Waals surface area contributed by atoms with E-state index in [1.54, 1.807) is 0 Å². The van der Waals surface area contributed by atoms with E-state index < -0.39 is 4.92 Å². The van der Waals surface area contributed by atoms with Gasteiger partial charge in [0.1, 0.15) is 24.2 Å². The number of aromatic nitrogens is 2. The standard InChI is InChI=1S/C28H28FN5O3/c1-3-18(2)28-32-25(24-11-10-23(27(24)33-28)19-4-7-21(29)8-5-19)12-13-31-14-15-37-26-16-22(34(35)36)9-6-20(26)17-30/h4-9,16,23,31H,2-3,10-15H2,1H3. The first-order valence-corrected chi connectivity index (χ1v) is 12.3. The summed E-state index contributed by atoms with van der Waals surface area (Å²) in [6.07, 6.45) is 3.19. The van der Waals surface area contributed by atoms with Gasteiger partial charge in [-0.05, 0) is 54.2 Å². The van der Waals surface area contributed by atoms with Gasteiger partial charge in [0.2, 0.25) is 0 Å². The van der Waals surface area contributed by atoms with Crippen LogP contribution in [0.4, 0.5) is 10.1 Å². The summed E-state index contributed by atoms with van der Waals surface area (Å²) in [5, 5.41) is 23.5. The van der Waals surface area contributed by atoms with Crippen molar-refractivity contribution in [1.82, 2.24) is 15.3 Å². The van der Waals surface area contributed by atoms with Gasteiger partial charge < -0.3 is 10.1 Å². The summed E-state index contributed by atoms with van der Waals surface area (Å²) in [6.45, 7) is 7.54. The van der Waals surface area contributed by atoms with E-state index in [-0.39, 0.29) is 35.3 Å². The lowest BCUT2D eigenvalue weighted by Crippen LogP contribution is -2.24. The summed E-state index contributed by atoms with van der Waals surface area (Å²) in [4.78, 5) is 20.2. The Balaban J connectivity index is 1.41. The van der Waals surface area contributed by atoms with Gasteiger partial charge in [-0.2, -0.15) is 5.26 Å². The zero-order valence-electron chi connectivity index (χ0n) is 20.7. The molecule has 3 aromatic rings. The molecule has 1 N–H and O–H groups in total. The van der Waals surface area contributed by atoms with Crippen molar-refractivity contribution in [2.45, 2.75) is 38.5 Å². The number of fused-ring (bicyclic) bond motifs is 1. The van der Waals surface area contributed by atoms with Gasteiger partial charge in [0.05, 0.1) is 22.2 Å². The molecule has 0 radical (unpaired) electrons. The number of rotatable bonds is 11. The van der Waals surface area contributed by atoms with E-state index in [9.17, 15) is 19.8 Å². The van der Waals surface area contributed by atoms with Crippen molar-refractivity contribution in [2.24, 2.45) is 0 Å². The first kappa shape index (κ1) is 25.9. The average molecular weight is 502 g/mol. The van der Waals surface area contributed by atoms with E-state index in [1.807, 2.05) is 25.1 Å². The zero-order chi connectivity index (χ0) is 26.4. The maximum absolute atomic E-state index is 13.5. The predicted molar refractivity (Wildman–Crippen MR) is 138 cm³/mol. The molecule has 1 aliphatic carbocycles. The van der Waals surface area contributed by atoms with E-state index in [0.29, 0.717) is 25.3 Å². The fourth-order valence-electron chi connectivity index (χ4n) is 4.48. The molecule has 0 amide bonds. The van der Waals surface area contributed by atoms with Crippen molar-refractivity contribution in [2.75, 3.05) is 19.7 Å². The highest BCUT2D eigenvalue weighted by atomic mass is 19.1. The number of nitriles is 1. The maximum atomic E-state index is 13.5. The van der Waals surface area contributed by atoms with E-state index in [4.69, 9.17) is 14.7 Å². The van der Waals surface area contributed by atoms with Crippen LogP contribution in [0.2, 0.25) is 0 Å². The van der Waals surface area contributed by atoms with Crippen molar-refractivity contribution >= 4 is 11.3 Å². The Bertz CT molecular complexity index is 1350. The summed E-state index contributed by atoms with van der Waals surface area (Å²) < 4.78 is 19.1. The molecule has 1 atom stereocenters. The number of nitro groups is 1. The molecule has 1 heterocycles. The summed E-state index contributed by atoms with van der Waals surface area (Å²) in [5.74, 6) is 0.700. The van der Waals surface area contributed by atoms with Gasteiger partial charge in [0, 0.05) is 37.2 Å². The molecule has 0 bridgehead atoms. The zero-order valence-corrected chi connectivity index (χ0v) is 20.7. The Kier molecular flexibility index (Phi) is 8.21. The largest absolute Gasteiger partial charge is 0.491 e. The smallest absolute Gasteiger partial charge is 0.273 e. The molecule has 9 heteroatoms. The van der Waals surface area contributed by atoms with E-state index >= 15 is 0 Å². The molecule has 0 spiro atoms. The number of non-ortho nitro benzene ring substituents is 1. The van der Waals surface area contributed by atoms with Gasteiger partial charge in [-0.1, -0.05) is 25.6 Å². The third-order valence-corrected chi connectivity index (χ3v) is 6.52. The Labute approximate surface area is 215 Å². The van der Waals surface area contributed by atoms with Gasteiger partial charge in [-0.25, -0.2) is 14.4 Å². The quantitative estimate of drug-likeness (QED) is 0.221. The molecular formula is C28H28FN5O3. The molecular weight excluding hydrogens is 473 g/mol. The molecule has 2 aromatic carbocycles. The van der Waals surface area contributed by atoms with Crippen LogP contribution >= 0.6 is 0 Å². The predicted octanol–water partition coefficient (Wildman–Crippen LogP) is 5.11. The number of nitrogens with one attached hydrogen (secondary N) is 1. The first-order valence-electron chi connectivity index (χ1n) is 12.3. The van der Waals surface area contributed by atoms with Gasteiger partial charge in [-0.3, -0.25) is 10.1 Å². The van der Waals surface area contributed by atoms with Crippen LogP contribution in [0.5, 0.6) is 5.75 Å². The minimum atomic E-state index is -0.519. The van der Waals surface area contributed by atoms with Crippen molar-refractivity contribution in [3.63, 3.8) is 0 Å². The minimum absolute atomic E-state index is 0.103. The molecule has 0 aliphatic heterocycles. The molecule has 0 fully saturated rings. The van der Waals surface area contributed by atoms with Crippen LogP contribution in [-0.2, 0) is 12.8 Å². The van der Waals surface area contributed by atoms with Crippen LogP contribution in [0.25, 0.3) is 5.57 Å². The second-order valence-electron chi connectivity index (χ2n) is 8.86. The number of ether oxygens (including phenoxy) is 1. The molecule has 8 nitrogen and oxygen atoms in total. The molecule has 4 rings (SSSR count). The molecule has 37 heavy (non-hydrogen) atoms. The number of halogens is 1. The van der Waals surface area contributed by atoms with Gasteiger partial charge in [0.25, 0.3) is 5.69 Å². The average Bonchev–Trinajstić information content (AvgIpc) is 3.34. The molecule has 0 saturated heterocycles. The third kappa shape index (κ3) is 5.98. The van der Waals surface area contributed by atoms with Gasteiger partial charge in [-0.15, -0.1) is 0 Å². The number of benzene rings is 2. The van der Waals surface area contributed by atoms with Crippen LogP contribution in [0, 0.1) is 27.3 Å². The fourth-order valence-corrected chi connectivity index (χ4v) is 4.48. The highest BCUT2D eigenvalue weighted by molar-refractivity contribution is 5.58. The van der Waals surface area contributed by atoms with Crippen LogP contribution in [0.15, 0.2) is 49.0 Å². The second kappa shape index (κ2) is 11.7. The highest BCUT2D eigenvalue weighted by Crippen LogP contribution is 2.38. The number of hydrogen-bond donors (Lipinski definition) is 1. The van der Waals surface area contributed by atoms with Crippen LogP contribution in [0.3, 0.4) is 0 Å². The monoisotopic (exact) mass is 501 g/mol. The SMILES string of the molecule is C=C(CC)c1nc(CCNCCOc2cc([N+](=O)[O-])ccc2C#N)c2c(n1)C(c1ccc(F)cc1)CC2. The van der Waals surface area contributed by atoms with Gasteiger partial charge in [0.15, 0.2) is 5.82 Å². The second-order valence-corrected chi connectivity index (χ2v) is 8.86. The topological polar surface area (TPSA) is 114 Å². The summed E-state index contributed by atoms with van der Waals surface area (Å²) in [6, 6.07) is 12.5. The fraction of sp³-hybridized carbons (Fsp3) is 0.321. The summed E-state index contributed by atoms with van der Waals surface area (Å²) >= 11 is 0. The number of hydrogen-bond acceptors (Lipinski definition) is 7. The summed E-state index contributed by atoms with van der Waals surface area (Å²) in [7, 11) is 0. The molecule has 1 unspecified atom stereocenters.